The monoisotopic (exact) mass is 396 g/mol. The highest BCUT2D eigenvalue weighted by Gasteiger charge is 2.31. The van der Waals surface area contributed by atoms with E-state index in [-0.39, 0.29) is 19.1 Å². The van der Waals surface area contributed by atoms with Crippen molar-refractivity contribution in [2.45, 2.75) is 39.2 Å². The average Bonchev–Trinajstić information content (AvgIpc) is 2.99. The van der Waals surface area contributed by atoms with E-state index in [0.717, 1.165) is 16.1 Å². The first kappa shape index (κ1) is 20.7. The van der Waals surface area contributed by atoms with Crippen LogP contribution in [0.5, 0.6) is 0 Å². The number of amides is 2. The summed E-state index contributed by atoms with van der Waals surface area (Å²) >= 11 is 0. The van der Waals surface area contributed by atoms with Gasteiger partial charge in [-0.05, 0) is 49.9 Å². The summed E-state index contributed by atoms with van der Waals surface area (Å²) in [5.74, 6) is -0.0307. The lowest BCUT2D eigenvalue weighted by atomic mass is 9.98. The minimum absolute atomic E-state index is 0.0307. The van der Waals surface area contributed by atoms with Crippen LogP contribution in [-0.2, 0) is 9.47 Å². The normalized spacial score (nSPS) is 12.7. The average molecular weight is 396 g/mol. The minimum atomic E-state index is -0.647. The summed E-state index contributed by atoms with van der Waals surface area (Å²) in [4.78, 5) is 25.0. The largest absolute Gasteiger partial charge is 0.447 e. The van der Waals surface area contributed by atoms with Crippen LogP contribution in [0.3, 0.4) is 0 Å². The molecule has 0 saturated heterocycles. The quantitative estimate of drug-likeness (QED) is 0.682. The van der Waals surface area contributed by atoms with Crippen molar-refractivity contribution in [3.05, 3.63) is 59.7 Å². The first-order valence-electron chi connectivity index (χ1n) is 9.82. The Morgan fingerprint density at radius 1 is 0.931 bits per heavy atom. The lowest BCUT2D eigenvalue weighted by Gasteiger charge is -2.32. The van der Waals surface area contributed by atoms with Gasteiger partial charge in [-0.1, -0.05) is 48.5 Å². The van der Waals surface area contributed by atoms with Crippen LogP contribution in [0.4, 0.5) is 9.59 Å². The molecule has 6 heteroatoms. The Labute approximate surface area is 172 Å². The Morgan fingerprint density at radius 3 is 1.93 bits per heavy atom. The fraction of sp³-hybridized carbons (Fsp3) is 0.391. The van der Waals surface area contributed by atoms with Gasteiger partial charge in [-0.3, -0.25) is 0 Å². The van der Waals surface area contributed by atoms with Crippen LogP contribution in [0.1, 0.15) is 44.7 Å². The van der Waals surface area contributed by atoms with Gasteiger partial charge < -0.3 is 9.47 Å². The second-order valence-corrected chi connectivity index (χ2v) is 8.02. The Balaban J connectivity index is 1.72. The van der Waals surface area contributed by atoms with Crippen LogP contribution >= 0.6 is 0 Å². The molecule has 0 aromatic heterocycles. The van der Waals surface area contributed by atoms with Crippen LogP contribution < -0.4 is 0 Å². The number of ether oxygens (including phenoxy) is 2. The third-order valence-corrected chi connectivity index (χ3v) is 4.87. The molecule has 0 atom stereocenters. The maximum atomic E-state index is 12.7. The third kappa shape index (κ3) is 4.36. The van der Waals surface area contributed by atoms with E-state index in [1.807, 2.05) is 24.3 Å². The molecule has 1 aliphatic carbocycles. The molecule has 0 N–H and O–H groups in total. The summed E-state index contributed by atoms with van der Waals surface area (Å²) < 4.78 is 11.0. The van der Waals surface area contributed by atoms with Crippen LogP contribution in [0.15, 0.2) is 48.5 Å². The minimum Gasteiger partial charge on any atom is -0.447 e. The predicted molar refractivity (Wildman–Crippen MR) is 111 cm³/mol. The Bertz CT molecular complexity index is 858. The van der Waals surface area contributed by atoms with Crippen LogP contribution in [0.25, 0.3) is 11.1 Å². The molecule has 0 bridgehead atoms. The molecule has 154 valence electrons. The first-order chi connectivity index (χ1) is 13.7. The Hall–Kier alpha value is -3.02. The first-order valence-corrected chi connectivity index (χ1v) is 9.82. The van der Waals surface area contributed by atoms with E-state index in [9.17, 15) is 9.59 Å². The molecule has 0 spiro atoms. The SMILES string of the molecule is CCN(C(=O)OCC1c2ccccc2-c2ccccc21)N(C)C(=O)OC(C)(C)C. The molecule has 2 aromatic carbocycles. The molecule has 0 saturated carbocycles. The number of rotatable bonds is 3. The molecule has 0 fully saturated rings. The van der Waals surface area contributed by atoms with Gasteiger partial charge in [0.2, 0.25) is 0 Å². The van der Waals surface area contributed by atoms with E-state index in [4.69, 9.17) is 9.47 Å². The van der Waals surface area contributed by atoms with E-state index in [1.54, 1.807) is 27.7 Å². The highest BCUT2D eigenvalue weighted by molar-refractivity contribution is 5.79. The number of hydrogen-bond donors (Lipinski definition) is 0. The van der Waals surface area contributed by atoms with Gasteiger partial charge in [0.05, 0.1) is 0 Å². The van der Waals surface area contributed by atoms with Crippen molar-refractivity contribution in [1.29, 1.82) is 0 Å². The van der Waals surface area contributed by atoms with Crippen molar-refractivity contribution in [2.24, 2.45) is 0 Å². The fourth-order valence-corrected chi connectivity index (χ4v) is 3.56. The third-order valence-electron chi connectivity index (χ3n) is 4.87. The zero-order valence-electron chi connectivity index (χ0n) is 17.6. The number of carbonyl (C=O) groups excluding carboxylic acids is 2. The number of nitrogens with zero attached hydrogens (tertiary/aromatic N) is 2. The molecule has 0 aliphatic heterocycles. The summed E-state index contributed by atoms with van der Waals surface area (Å²) in [5, 5.41) is 2.39. The highest BCUT2D eigenvalue weighted by Crippen LogP contribution is 2.44. The highest BCUT2D eigenvalue weighted by atomic mass is 16.6. The number of fused-ring (bicyclic) bond motifs is 3. The van der Waals surface area contributed by atoms with Gasteiger partial charge >= 0.3 is 12.2 Å². The van der Waals surface area contributed by atoms with Gasteiger partial charge in [0, 0.05) is 19.5 Å². The van der Waals surface area contributed by atoms with E-state index in [2.05, 4.69) is 24.3 Å². The summed E-state index contributed by atoms with van der Waals surface area (Å²) in [6, 6.07) is 16.3. The van der Waals surface area contributed by atoms with Crippen LogP contribution in [-0.4, -0.2) is 48.0 Å². The smallest absolute Gasteiger partial charge is 0.429 e. The number of hydrogen-bond acceptors (Lipinski definition) is 4. The second-order valence-electron chi connectivity index (χ2n) is 8.02. The molecular formula is C23H28N2O4. The molecule has 0 unspecified atom stereocenters. The Morgan fingerprint density at radius 2 is 1.45 bits per heavy atom. The van der Waals surface area contributed by atoms with Crippen molar-refractivity contribution >= 4 is 12.2 Å². The topological polar surface area (TPSA) is 59.1 Å². The molecule has 2 amide bonds. The van der Waals surface area contributed by atoms with Gasteiger partial charge in [0.15, 0.2) is 0 Å². The fourth-order valence-electron chi connectivity index (χ4n) is 3.56. The molecule has 29 heavy (non-hydrogen) atoms. The van der Waals surface area contributed by atoms with Crippen molar-refractivity contribution in [3.8, 4) is 11.1 Å². The predicted octanol–water partition coefficient (Wildman–Crippen LogP) is 5.04. The van der Waals surface area contributed by atoms with Gasteiger partial charge in [-0.15, -0.1) is 0 Å². The molecule has 2 aromatic rings. The van der Waals surface area contributed by atoms with Crippen molar-refractivity contribution in [1.82, 2.24) is 10.0 Å². The molecule has 1 aliphatic rings. The van der Waals surface area contributed by atoms with Crippen LogP contribution in [0, 0.1) is 0 Å². The lowest BCUT2D eigenvalue weighted by Crippen LogP contribution is -2.49. The zero-order chi connectivity index (χ0) is 21.2. The summed E-state index contributed by atoms with van der Waals surface area (Å²) in [6.45, 7) is 7.60. The van der Waals surface area contributed by atoms with Crippen molar-refractivity contribution in [2.75, 3.05) is 20.2 Å². The van der Waals surface area contributed by atoms with Gasteiger partial charge in [0.25, 0.3) is 0 Å². The van der Waals surface area contributed by atoms with E-state index in [1.165, 1.54) is 23.2 Å². The second kappa shape index (κ2) is 8.15. The standard InChI is InChI=1S/C23H28N2O4/c1-6-25(24(5)21(26)29-23(2,3)4)22(27)28-15-20-18-13-9-7-11-16(18)17-12-8-10-14-19(17)20/h7-14,20H,6,15H2,1-5H3. The molecule has 0 heterocycles. The lowest BCUT2D eigenvalue weighted by molar-refractivity contribution is -0.0337. The molecule has 3 rings (SSSR count). The maximum Gasteiger partial charge on any atom is 0.429 e. The van der Waals surface area contributed by atoms with E-state index >= 15 is 0 Å². The summed E-state index contributed by atoms with van der Waals surface area (Å²) in [7, 11) is 1.50. The number of benzene rings is 2. The maximum absolute atomic E-state index is 12.7. The molecular weight excluding hydrogens is 368 g/mol. The number of carbonyl (C=O) groups is 2. The Kier molecular flexibility index (Phi) is 5.82. The van der Waals surface area contributed by atoms with E-state index < -0.39 is 17.8 Å². The summed E-state index contributed by atoms with van der Waals surface area (Å²) in [6.07, 6.45) is -1.18. The molecule has 6 nitrogen and oxygen atoms in total. The number of hydrazine groups is 1. The zero-order valence-corrected chi connectivity index (χ0v) is 17.6. The van der Waals surface area contributed by atoms with E-state index in [0.29, 0.717) is 0 Å². The van der Waals surface area contributed by atoms with Crippen LogP contribution in [0.2, 0.25) is 0 Å². The van der Waals surface area contributed by atoms with Crippen molar-refractivity contribution < 1.29 is 19.1 Å². The van der Waals surface area contributed by atoms with Gasteiger partial charge in [-0.25, -0.2) is 19.6 Å². The van der Waals surface area contributed by atoms with Gasteiger partial charge in [-0.2, -0.15) is 0 Å². The van der Waals surface area contributed by atoms with Crippen molar-refractivity contribution in [3.63, 3.8) is 0 Å². The molecule has 0 radical (unpaired) electrons. The summed E-state index contributed by atoms with van der Waals surface area (Å²) in [5.41, 5.74) is 3.98. The van der Waals surface area contributed by atoms with Gasteiger partial charge in [0.1, 0.15) is 12.2 Å².